The summed E-state index contributed by atoms with van der Waals surface area (Å²) in [5, 5.41) is 12.5. The predicted octanol–water partition coefficient (Wildman–Crippen LogP) is 3.23. The summed E-state index contributed by atoms with van der Waals surface area (Å²) < 4.78 is 1.11. The van der Waals surface area contributed by atoms with Crippen molar-refractivity contribution in [3.8, 4) is 6.07 Å². The summed E-state index contributed by atoms with van der Waals surface area (Å²) in [7, 11) is 0. The van der Waals surface area contributed by atoms with Gasteiger partial charge in [0, 0.05) is 17.1 Å². The van der Waals surface area contributed by atoms with E-state index < -0.39 is 0 Å². The van der Waals surface area contributed by atoms with Crippen LogP contribution in [-0.4, -0.2) is 25.2 Å². The highest BCUT2D eigenvalue weighted by Gasteiger charge is 2.27. The lowest BCUT2D eigenvalue weighted by Crippen LogP contribution is -2.44. The number of aryl methyl sites for hydroxylation is 1. The normalized spacial score (nSPS) is 23.8. The fraction of sp³-hybridized carbons (Fsp3) is 0.533. The number of nitriles is 1. The Morgan fingerprint density at radius 1 is 1.53 bits per heavy atom. The molecule has 1 saturated heterocycles. The number of nitrogens with one attached hydrogen (secondary N) is 1. The summed E-state index contributed by atoms with van der Waals surface area (Å²) in [5.74, 6) is 0. The van der Waals surface area contributed by atoms with Crippen LogP contribution < -0.4 is 10.2 Å². The molecule has 0 aromatic heterocycles. The number of rotatable bonds is 2. The highest BCUT2D eigenvalue weighted by Crippen LogP contribution is 2.32. The molecule has 3 nitrogen and oxygen atoms in total. The number of nitrogens with zero attached hydrogens (tertiary/aromatic N) is 2. The third-order valence-corrected chi connectivity index (χ3v) is 4.33. The van der Waals surface area contributed by atoms with Gasteiger partial charge in [-0.2, -0.15) is 5.26 Å². The summed E-state index contributed by atoms with van der Waals surface area (Å²) in [4.78, 5) is 2.40. The Morgan fingerprint density at radius 2 is 2.32 bits per heavy atom. The molecule has 2 rings (SSSR count). The van der Waals surface area contributed by atoms with Gasteiger partial charge in [-0.05, 0) is 60.4 Å². The monoisotopic (exact) mass is 321 g/mol. The van der Waals surface area contributed by atoms with Gasteiger partial charge in [0.05, 0.1) is 24.2 Å². The molecular formula is C15H20BrN3. The molecule has 0 saturated carbocycles. The molecule has 0 amide bonds. The molecule has 102 valence electrons. The van der Waals surface area contributed by atoms with Gasteiger partial charge in [0.25, 0.3) is 0 Å². The largest absolute Gasteiger partial charge is 0.363 e. The van der Waals surface area contributed by atoms with E-state index in [2.05, 4.69) is 64.3 Å². The van der Waals surface area contributed by atoms with Gasteiger partial charge in [-0.3, -0.25) is 0 Å². The fourth-order valence-electron chi connectivity index (χ4n) is 2.71. The lowest BCUT2D eigenvalue weighted by Gasteiger charge is -2.36. The Bertz CT molecular complexity index is 481. The van der Waals surface area contributed by atoms with Crippen LogP contribution in [0.25, 0.3) is 0 Å². The van der Waals surface area contributed by atoms with Crippen molar-refractivity contribution in [2.45, 2.75) is 38.8 Å². The first-order chi connectivity index (χ1) is 9.13. The van der Waals surface area contributed by atoms with Gasteiger partial charge < -0.3 is 10.2 Å². The molecule has 1 fully saturated rings. The van der Waals surface area contributed by atoms with Gasteiger partial charge in [-0.1, -0.05) is 6.07 Å². The van der Waals surface area contributed by atoms with Gasteiger partial charge in [0.1, 0.15) is 0 Å². The molecule has 19 heavy (non-hydrogen) atoms. The molecule has 1 aromatic carbocycles. The zero-order chi connectivity index (χ0) is 13.8. The van der Waals surface area contributed by atoms with Gasteiger partial charge >= 0.3 is 0 Å². The maximum Gasteiger partial charge on any atom is 0.0643 e. The number of anilines is 1. The minimum Gasteiger partial charge on any atom is -0.363 e. The second-order valence-corrected chi connectivity index (χ2v) is 6.07. The lowest BCUT2D eigenvalue weighted by atomic mass is 10.1. The number of hydrogen-bond acceptors (Lipinski definition) is 3. The first-order valence-electron chi connectivity index (χ1n) is 6.75. The Morgan fingerprint density at radius 3 is 3.00 bits per heavy atom. The third-order valence-electron chi connectivity index (χ3n) is 3.70. The number of benzene rings is 1. The zero-order valence-corrected chi connectivity index (χ0v) is 13.1. The van der Waals surface area contributed by atoms with E-state index in [1.165, 1.54) is 11.3 Å². The van der Waals surface area contributed by atoms with Crippen LogP contribution in [-0.2, 0) is 0 Å². The SMILES string of the molecule is Cc1ccc(N2C(C)CCNCC2CC#N)c(Br)c1. The molecule has 0 aliphatic carbocycles. The summed E-state index contributed by atoms with van der Waals surface area (Å²) in [5.41, 5.74) is 2.44. The first kappa shape index (κ1) is 14.4. The summed E-state index contributed by atoms with van der Waals surface area (Å²) in [6.07, 6.45) is 1.65. The Balaban J connectivity index is 2.37. The van der Waals surface area contributed by atoms with Crippen molar-refractivity contribution in [2.24, 2.45) is 0 Å². The van der Waals surface area contributed by atoms with E-state index in [1.807, 2.05) is 0 Å². The topological polar surface area (TPSA) is 39.1 Å². The van der Waals surface area contributed by atoms with Crippen molar-refractivity contribution in [2.75, 3.05) is 18.0 Å². The van der Waals surface area contributed by atoms with E-state index in [-0.39, 0.29) is 6.04 Å². The molecule has 1 aliphatic rings. The molecule has 0 spiro atoms. The van der Waals surface area contributed by atoms with Crippen molar-refractivity contribution < 1.29 is 0 Å². The average Bonchev–Trinajstić information content (AvgIpc) is 2.53. The van der Waals surface area contributed by atoms with Crippen LogP contribution in [0.5, 0.6) is 0 Å². The summed E-state index contributed by atoms with van der Waals surface area (Å²) >= 11 is 3.67. The second kappa shape index (κ2) is 6.40. The van der Waals surface area contributed by atoms with Gasteiger partial charge in [0.2, 0.25) is 0 Å². The summed E-state index contributed by atoms with van der Waals surface area (Å²) in [6.45, 7) is 6.22. The third kappa shape index (κ3) is 3.29. The Kier molecular flexibility index (Phi) is 4.84. The van der Waals surface area contributed by atoms with Gasteiger partial charge in [-0.15, -0.1) is 0 Å². The van der Waals surface area contributed by atoms with Crippen molar-refractivity contribution in [1.29, 1.82) is 5.26 Å². The van der Waals surface area contributed by atoms with E-state index in [1.54, 1.807) is 0 Å². The fourth-order valence-corrected chi connectivity index (χ4v) is 3.41. The van der Waals surface area contributed by atoms with E-state index in [0.717, 1.165) is 24.0 Å². The Labute approximate surface area is 123 Å². The van der Waals surface area contributed by atoms with Crippen LogP contribution in [0.1, 0.15) is 25.3 Å². The van der Waals surface area contributed by atoms with Crippen molar-refractivity contribution >= 4 is 21.6 Å². The van der Waals surface area contributed by atoms with Crippen LogP contribution in [0.3, 0.4) is 0 Å². The number of hydrogen-bond donors (Lipinski definition) is 1. The zero-order valence-electron chi connectivity index (χ0n) is 11.5. The highest BCUT2D eigenvalue weighted by atomic mass is 79.9. The summed E-state index contributed by atoms with van der Waals surface area (Å²) in [6, 6.07) is 9.43. The second-order valence-electron chi connectivity index (χ2n) is 5.22. The Hall–Kier alpha value is -1.05. The van der Waals surface area contributed by atoms with Crippen LogP contribution in [0.2, 0.25) is 0 Å². The van der Waals surface area contributed by atoms with E-state index >= 15 is 0 Å². The minimum absolute atomic E-state index is 0.238. The van der Waals surface area contributed by atoms with E-state index in [0.29, 0.717) is 12.5 Å². The molecule has 1 heterocycles. The molecule has 0 bridgehead atoms. The maximum absolute atomic E-state index is 9.06. The van der Waals surface area contributed by atoms with Gasteiger partial charge in [0.15, 0.2) is 0 Å². The van der Waals surface area contributed by atoms with Crippen molar-refractivity contribution in [3.05, 3.63) is 28.2 Å². The maximum atomic E-state index is 9.06. The van der Waals surface area contributed by atoms with E-state index in [9.17, 15) is 0 Å². The molecule has 2 atom stereocenters. The standard InChI is InChI=1S/C15H20BrN3/c1-11-3-4-15(14(16)9-11)19-12(2)6-8-18-10-13(19)5-7-17/h3-4,9,12-13,18H,5-6,8,10H2,1-2H3. The van der Waals surface area contributed by atoms with Gasteiger partial charge in [-0.25, -0.2) is 0 Å². The minimum atomic E-state index is 0.238. The number of halogens is 1. The van der Waals surface area contributed by atoms with Crippen LogP contribution in [0, 0.1) is 18.3 Å². The lowest BCUT2D eigenvalue weighted by molar-refractivity contribution is 0.550. The molecule has 2 unspecified atom stereocenters. The highest BCUT2D eigenvalue weighted by molar-refractivity contribution is 9.10. The van der Waals surface area contributed by atoms with Crippen LogP contribution >= 0.6 is 15.9 Å². The van der Waals surface area contributed by atoms with E-state index in [4.69, 9.17) is 5.26 Å². The first-order valence-corrected chi connectivity index (χ1v) is 7.55. The molecule has 1 aliphatic heterocycles. The molecular weight excluding hydrogens is 302 g/mol. The smallest absolute Gasteiger partial charge is 0.0643 e. The average molecular weight is 322 g/mol. The van der Waals surface area contributed by atoms with Crippen molar-refractivity contribution in [3.63, 3.8) is 0 Å². The molecule has 0 radical (unpaired) electrons. The molecule has 4 heteroatoms. The quantitative estimate of drug-likeness (QED) is 0.909. The predicted molar refractivity (Wildman–Crippen MR) is 82.3 cm³/mol. The molecule has 1 aromatic rings. The molecule has 1 N–H and O–H groups in total. The van der Waals surface area contributed by atoms with Crippen LogP contribution in [0.15, 0.2) is 22.7 Å². The van der Waals surface area contributed by atoms with Crippen molar-refractivity contribution in [1.82, 2.24) is 5.32 Å². The van der Waals surface area contributed by atoms with Crippen LogP contribution in [0.4, 0.5) is 5.69 Å².